The molecule has 0 aromatic carbocycles. The topological polar surface area (TPSA) is 58.8 Å². The van der Waals surface area contributed by atoms with Gasteiger partial charge >= 0.3 is 0 Å². The van der Waals surface area contributed by atoms with E-state index in [0.29, 0.717) is 23.4 Å². The van der Waals surface area contributed by atoms with Crippen molar-refractivity contribution in [3.63, 3.8) is 0 Å². The Morgan fingerprint density at radius 3 is 2.72 bits per heavy atom. The number of carbonyl (C=O) groups excluding carboxylic acids is 1. The van der Waals surface area contributed by atoms with Gasteiger partial charge in [-0.25, -0.2) is 4.98 Å². The van der Waals surface area contributed by atoms with Gasteiger partial charge in [0.25, 0.3) is 5.91 Å². The number of hydrogen-bond donors (Lipinski definition) is 0. The van der Waals surface area contributed by atoms with Crippen molar-refractivity contribution in [2.45, 2.75) is 44.4 Å². The highest BCUT2D eigenvalue weighted by Crippen LogP contribution is 2.27. The maximum atomic E-state index is 12.7. The predicted octanol–water partition coefficient (Wildman–Crippen LogP) is 2.52. The van der Waals surface area contributed by atoms with Crippen LogP contribution in [0.15, 0.2) is 10.7 Å². The van der Waals surface area contributed by atoms with Gasteiger partial charge in [0.15, 0.2) is 11.6 Å². The minimum atomic E-state index is 0.0307. The Hall–Kier alpha value is -1.40. The Balaban J connectivity index is 1.31. The third-order valence-electron chi connectivity index (χ3n) is 5.85. The lowest BCUT2D eigenvalue weighted by Crippen LogP contribution is -2.36. The van der Waals surface area contributed by atoms with E-state index in [1.165, 1.54) is 32.4 Å². The van der Waals surface area contributed by atoms with Gasteiger partial charge in [0.1, 0.15) is 6.26 Å². The van der Waals surface area contributed by atoms with Crippen LogP contribution in [0.3, 0.4) is 0 Å². The summed E-state index contributed by atoms with van der Waals surface area (Å²) in [5.41, 5.74) is 0.472. The first-order valence-corrected chi connectivity index (χ1v) is 9.84. The second-order valence-corrected chi connectivity index (χ2v) is 7.72. The molecule has 1 atom stereocenters. The van der Waals surface area contributed by atoms with Crippen LogP contribution in [0.5, 0.6) is 0 Å². The lowest BCUT2D eigenvalue weighted by Gasteiger charge is -2.28. The molecule has 3 aliphatic heterocycles. The fraction of sp³-hybridized carbons (Fsp3) is 0.789. The third-order valence-corrected chi connectivity index (χ3v) is 5.85. The predicted molar refractivity (Wildman–Crippen MR) is 93.6 cm³/mol. The molecule has 138 valence electrons. The van der Waals surface area contributed by atoms with Gasteiger partial charge in [0, 0.05) is 38.8 Å². The zero-order valence-corrected chi connectivity index (χ0v) is 15.0. The zero-order valence-electron chi connectivity index (χ0n) is 15.0. The van der Waals surface area contributed by atoms with E-state index in [1.54, 1.807) is 6.26 Å². The fourth-order valence-electron chi connectivity index (χ4n) is 4.35. The first kappa shape index (κ1) is 17.0. The quantitative estimate of drug-likeness (QED) is 0.838. The number of nitrogens with zero attached hydrogens (tertiary/aromatic N) is 3. The highest BCUT2D eigenvalue weighted by atomic mass is 16.5. The summed E-state index contributed by atoms with van der Waals surface area (Å²) in [4.78, 5) is 21.8. The van der Waals surface area contributed by atoms with Crippen molar-refractivity contribution in [3.05, 3.63) is 17.8 Å². The minimum Gasteiger partial charge on any atom is -0.448 e. The lowest BCUT2D eigenvalue weighted by molar-refractivity contribution is 0.0775. The molecule has 25 heavy (non-hydrogen) atoms. The molecule has 6 nitrogen and oxygen atoms in total. The van der Waals surface area contributed by atoms with E-state index < -0.39 is 0 Å². The zero-order chi connectivity index (χ0) is 17.1. The third kappa shape index (κ3) is 4.06. The lowest BCUT2D eigenvalue weighted by atomic mass is 10.0. The summed E-state index contributed by atoms with van der Waals surface area (Å²) in [5, 5.41) is 0. The van der Waals surface area contributed by atoms with Crippen LogP contribution in [0.4, 0.5) is 0 Å². The molecule has 3 aliphatic rings. The smallest absolute Gasteiger partial charge is 0.275 e. The van der Waals surface area contributed by atoms with Gasteiger partial charge in [0.2, 0.25) is 0 Å². The monoisotopic (exact) mass is 347 g/mol. The average Bonchev–Trinajstić information content (AvgIpc) is 3.33. The first-order valence-electron chi connectivity index (χ1n) is 9.84. The summed E-state index contributed by atoms with van der Waals surface area (Å²) in [6, 6.07) is 0. The number of carbonyl (C=O) groups is 1. The van der Waals surface area contributed by atoms with Gasteiger partial charge in [0.05, 0.1) is 0 Å². The second-order valence-electron chi connectivity index (χ2n) is 7.72. The standard InChI is InChI=1S/C19H29N3O3/c23-19(17-14-25-18(20-17)16-5-10-24-11-6-16)22-9-4-15(13-22)12-21-7-2-1-3-8-21/h14-16H,1-13H2. The van der Waals surface area contributed by atoms with Crippen LogP contribution in [0.2, 0.25) is 0 Å². The van der Waals surface area contributed by atoms with Crippen molar-refractivity contribution in [1.29, 1.82) is 0 Å². The minimum absolute atomic E-state index is 0.0307. The molecule has 1 unspecified atom stereocenters. The van der Waals surface area contributed by atoms with Crippen molar-refractivity contribution in [2.24, 2.45) is 5.92 Å². The van der Waals surface area contributed by atoms with E-state index in [9.17, 15) is 4.79 Å². The number of rotatable bonds is 4. The van der Waals surface area contributed by atoms with Gasteiger partial charge in [-0.1, -0.05) is 6.42 Å². The Kier molecular flexibility index (Phi) is 5.36. The van der Waals surface area contributed by atoms with Crippen LogP contribution in [0.1, 0.15) is 60.8 Å². The Bertz CT molecular complexity index is 576. The van der Waals surface area contributed by atoms with Crippen molar-refractivity contribution < 1.29 is 13.9 Å². The van der Waals surface area contributed by atoms with Crippen molar-refractivity contribution >= 4 is 5.91 Å². The molecule has 1 aromatic rings. The molecule has 1 aromatic heterocycles. The van der Waals surface area contributed by atoms with Crippen LogP contribution < -0.4 is 0 Å². The van der Waals surface area contributed by atoms with E-state index in [-0.39, 0.29) is 5.91 Å². The maximum absolute atomic E-state index is 12.7. The summed E-state index contributed by atoms with van der Waals surface area (Å²) in [6.07, 6.45) is 8.52. The summed E-state index contributed by atoms with van der Waals surface area (Å²) in [5.74, 6) is 1.63. The Morgan fingerprint density at radius 1 is 1.12 bits per heavy atom. The first-order chi connectivity index (χ1) is 12.3. The molecule has 0 bridgehead atoms. The van der Waals surface area contributed by atoms with E-state index in [1.807, 2.05) is 4.90 Å². The molecule has 0 radical (unpaired) electrons. The van der Waals surface area contributed by atoms with Crippen LogP contribution in [-0.2, 0) is 4.74 Å². The summed E-state index contributed by atoms with van der Waals surface area (Å²) in [6.45, 7) is 6.78. The molecule has 0 N–H and O–H groups in total. The highest BCUT2D eigenvalue weighted by Gasteiger charge is 2.31. The van der Waals surface area contributed by atoms with Gasteiger partial charge < -0.3 is 19.0 Å². The molecule has 0 aliphatic carbocycles. The molecule has 3 fully saturated rings. The molecule has 6 heteroatoms. The molecular weight excluding hydrogens is 318 g/mol. The van der Waals surface area contributed by atoms with E-state index in [2.05, 4.69) is 9.88 Å². The molecule has 0 spiro atoms. The Morgan fingerprint density at radius 2 is 1.92 bits per heavy atom. The van der Waals surface area contributed by atoms with Crippen molar-refractivity contribution in [1.82, 2.24) is 14.8 Å². The van der Waals surface area contributed by atoms with Crippen LogP contribution >= 0.6 is 0 Å². The molecular formula is C19H29N3O3. The highest BCUT2D eigenvalue weighted by molar-refractivity contribution is 5.92. The SMILES string of the molecule is O=C(c1coc(C2CCOCC2)n1)N1CCC(CN2CCCCC2)C1. The van der Waals surface area contributed by atoms with Gasteiger partial charge in [-0.3, -0.25) is 4.79 Å². The molecule has 4 heterocycles. The summed E-state index contributed by atoms with van der Waals surface area (Å²) in [7, 11) is 0. The maximum Gasteiger partial charge on any atom is 0.275 e. The van der Waals surface area contributed by atoms with E-state index in [4.69, 9.17) is 9.15 Å². The molecule has 1 amide bonds. The largest absolute Gasteiger partial charge is 0.448 e. The number of ether oxygens (including phenoxy) is 1. The van der Waals surface area contributed by atoms with Gasteiger partial charge in [-0.2, -0.15) is 0 Å². The summed E-state index contributed by atoms with van der Waals surface area (Å²) < 4.78 is 11.0. The number of piperidine rings is 1. The van der Waals surface area contributed by atoms with Crippen LogP contribution in [0, 0.1) is 5.92 Å². The van der Waals surface area contributed by atoms with Gasteiger partial charge in [-0.15, -0.1) is 0 Å². The van der Waals surface area contributed by atoms with E-state index >= 15 is 0 Å². The van der Waals surface area contributed by atoms with Gasteiger partial charge in [-0.05, 0) is 51.1 Å². The molecule has 0 saturated carbocycles. The number of oxazole rings is 1. The summed E-state index contributed by atoms with van der Waals surface area (Å²) >= 11 is 0. The van der Waals surface area contributed by atoms with Crippen LogP contribution in [0.25, 0.3) is 0 Å². The molecule has 4 rings (SSSR count). The number of aromatic nitrogens is 1. The number of hydrogen-bond acceptors (Lipinski definition) is 5. The van der Waals surface area contributed by atoms with Crippen molar-refractivity contribution in [2.75, 3.05) is 45.9 Å². The molecule has 3 saturated heterocycles. The second kappa shape index (κ2) is 7.87. The fourth-order valence-corrected chi connectivity index (χ4v) is 4.35. The number of amides is 1. The number of likely N-dealkylation sites (tertiary alicyclic amines) is 2. The normalized spacial score (nSPS) is 26.2. The average molecular weight is 347 g/mol. The van der Waals surface area contributed by atoms with Crippen LogP contribution in [-0.4, -0.2) is 66.6 Å². The Labute approximate surface area is 149 Å². The van der Waals surface area contributed by atoms with E-state index in [0.717, 1.165) is 52.1 Å². The van der Waals surface area contributed by atoms with Crippen molar-refractivity contribution in [3.8, 4) is 0 Å².